The number of aliphatic hydroxyl groups is 1. The van der Waals surface area contributed by atoms with Crippen molar-refractivity contribution in [3.8, 4) is 0 Å². The summed E-state index contributed by atoms with van der Waals surface area (Å²) in [6, 6.07) is 8.54. The summed E-state index contributed by atoms with van der Waals surface area (Å²) in [5, 5.41) is 9.34. The second kappa shape index (κ2) is 13.1. The topological polar surface area (TPSA) is 109 Å². The van der Waals surface area contributed by atoms with Crippen molar-refractivity contribution < 1.29 is 18.3 Å². The molecule has 0 saturated carbocycles. The van der Waals surface area contributed by atoms with Gasteiger partial charge in [0.1, 0.15) is 5.02 Å². The summed E-state index contributed by atoms with van der Waals surface area (Å²) < 4.78 is 27.4. The maximum atomic E-state index is 12.9. The van der Waals surface area contributed by atoms with Gasteiger partial charge in [-0.25, -0.2) is 13.1 Å². The number of amides is 1. The highest BCUT2D eigenvalue weighted by Crippen LogP contribution is 2.27. The van der Waals surface area contributed by atoms with Crippen LogP contribution in [0.4, 0.5) is 0 Å². The van der Waals surface area contributed by atoms with E-state index in [0.717, 1.165) is 43.5 Å². The van der Waals surface area contributed by atoms with Crippen LogP contribution in [-0.4, -0.2) is 53.8 Å². The van der Waals surface area contributed by atoms with E-state index >= 15 is 0 Å². The fourth-order valence-electron chi connectivity index (χ4n) is 4.56. The van der Waals surface area contributed by atoms with Crippen molar-refractivity contribution in [3.63, 3.8) is 0 Å². The number of halogens is 2. The summed E-state index contributed by atoms with van der Waals surface area (Å²) in [6.07, 6.45) is 5.03. The fraction of sp³-hybridized carbons (Fsp3) is 0.520. The maximum Gasteiger partial charge on any atom is 0.269 e. The number of aromatic nitrogens is 1. The Kier molecular flexibility index (Phi) is 10.4. The maximum absolute atomic E-state index is 12.9. The van der Waals surface area contributed by atoms with E-state index in [1.165, 1.54) is 6.07 Å². The Balaban J connectivity index is 1.72. The Morgan fingerprint density at radius 1 is 1.19 bits per heavy atom. The number of nitrogens with zero attached hydrogens (tertiary/aromatic N) is 2. The van der Waals surface area contributed by atoms with Crippen LogP contribution in [0.25, 0.3) is 0 Å². The van der Waals surface area contributed by atoms with Gasteiger partial charge in [-0.15, -0.1) is 0 Å². The third-order valence-corrected chi connectivity index (χ3v) is 8.36. The lowest BCUT2D eigenvalue weighted by Crippen LogP contribution is -2.33. The molecular weight excluding hydrogens is 525 g/mol. The molecule has 0 radical (unpaired) electrons. The average Bonchev–Trinajstić information content (AvgIpc) is 3.28. The lowest BCUT2D eigenvalue weighted by atomic mass is 10.1. The summed E-state index contributed by atoms with van der Waals surface area (Å²) in [4.78, 5) is 27.6. The molecule has 2 N–H and O–H groups in total. The first kappa shape index (κ1) is 28.7. The molecule has 36 heavy (non-hydrogen) atoms. The van der Waals surface area contributed by atoms with Gasteiger partial charge in [-0.05, 0) is 62.4 Å². The minimum atomic E-state index is -3.81. The molecule has 0 aliphatic carbocycles. The quantitative estimate of drug-likeness (QED) is 0.412. The van der Waals surface area contributed by atoms with Crippen molar-refractivity contribution in [2.75, 3.05) is 18.9 Å². The van der Waals surface area contributed by atoms with Crippen LogP contribution in [-0.2, 0) is 29.5 Å². The fourth-order valence-corrected chi connectivity index (χ4v) is 6.11. The van der Waals surface area contributed by atoms with Crippen LogP contribution in [0, 0.1) is 0 Å². The molecule has 0 spiro atoms. The van der Waals surface area contributed by atoms with Crippen molar-refractivity contribution >= 4 is 39.1 Å². The van der Waals surface area contributed by atoms with Gasteiger partial charge in [0.05, 0.1) is 16.5 Å². The molecule has 1 aliphatic rings. The average molecular weight is 559 g/mol. The van der Waals surface area contributed by atoms with Crippen LogP contribution < -0.4 is 10.3 Å². The summed E-state index contributed by atoms with van der Waals surface area (Å²) in [6.45, 7) is 3.81. The SMILES string of the molecule is CCC[C@H]1CCCN1Cc1c(Cl)cc(Cl)c(=O)n1CCc1ccc(C(=O)NS(=O)(=O)CCCO)cc1. The zero-order valence-corrected chi connectivity index (χ0v) is 22.7. The van der Waals surface area contributed by atoms with Crippen molar-refractivity contribution in [2.45, 2.75) is 64.6 Å². The van der Waals surface area contributed by atoms with Crippen molar-refractivity contribution in [3.05, 3.63) is 67.6 Å². The second-order valence-corrected chi connectivity index (χ2v) is 11.7. The van der Waals surface area contributed by atoms with E-state index in [9.17, 15) is 18.0 Å². The van der Waals surface area contributed by atoms with Gasteiger partial charge in [-0.3, -0.25) is 14.5 Å². The third-order valence-electron chi connectivity index (χ3n) is 6.44. The molecule has 3 rings (SSSR count). The predicted octanol–water partition coefficient (Wildman–Crippen LogP) is 3.60. The van der Waals surface area contributed by atoms with Gasteiger partial charge in [0, 0.05) is 31.3 Å². The number of rotatable bonds is 12. The minimum Gasteiger partial charge on any atom is -0.396 e. The van der Waals surface area contributed by atoms with E-state index in [-0.39, 0.29) is 34.9 Å². The van der Waals surface area contributed by atoms with Crippen LogP contribution in [0.2, 0.25) is 10.0 Å². The number of aliphatic hydroxyl groups excluding tert-OH is 1. The number of sulfonamides is 1. The summed E-state index contributed by atoms with van der Waals surface area (Å²) in [5.74, 6) is -1.06. The molecule has 2 aromatic rings. The normalized spacial score (nSPS) is 16.4. The molecule has 1 aromatic heterocycles. The molecule has 0 bridgehead atoms. The van der Waals surface area contributed by atoms with Crippen LogP contribution in [0.15, 0.2) is 35.1 Å². The van der Waals surface area contributed by atoms with Crippen LogP contribution in [0.5, 0.6) is 0 Å². The standard InChI is InChI=1S/C25H33Cl2N3O5S/c1-2-5-20-6-3-12-29(20)17-23-21(26)16-22(27)25(33)30(23)13-11-18-7-9-19(10-8-18)24(32)28-36(34,35)15-4-14-31/h7-10,16,20,31H,2-6,11-15,17H2,1H3,(H,28,32)/t20-/m0/s1. The first-order valence-corrected chi connectivity index (χ1v) is 14.6. The molecule has 11 heteroatoms. The number of benzene rings is 1. The van der Waals surface area contributed by atoms with Gasteiger partial charge in [0.15, 0.2) is 0 Å². The molecule has 8 nitrogen and oxygen atoms in total. The predicted molar refractivity (Wildman–Crippen MR) is 142 cm³/mol. The van der Waals surface area contributed by atoms with Crippen LogP contribution in [0.3, 0.4) is 0 Å². The van der Waals surface area contributed by atoms with Crippen LogP contribution >= 0.6 is 23.2 Å². The number of pyridine rings is 1. The third kappa shape index (κ3) is 7.55. The van der Waals surface area contributed by atoms with Crippen molar-refractivity contribution in [2.24, 2.45) is 0 Å². The van der Waals surface area contributed by atoms with Gasteiger partial charge < -0.3 is 9.67 Å². The lowest BCUT2D eigenvalue weighted by Gasteiger charge is -2.26. The minimum absolute atomic E-state index is 0.0491. The first-order chi connectivity index (χ1) is 17.1. The molecule has 1 aromatic carbocycles. The monoisotopic (exact) mass is 557 g/mol. The van der Waals surface area contributed by atoms with Gasteiger partial charge in [0.25, 0.3) is 11.5 Å². The molecule has 2 heterocycles. The number of aryl methyl sites for hydroxylation is 1. The first-order valence-electron chi connectivity index (χ1n) is 12.2. The Bertz CT molecular complexity index is 1220. The molecule has 1 fully saturated rings. The molecule has 1 amide bonds. The van der Waals surface area contributed by atoms with Crippen LogP contribution in [0.1, 0.15) is 60.6 Å². The van der Waals surface area contributed by atoms with E-state index in [0.29, 0.717) is 30.6 Å². The Labute approximate surface area is 222 Å². The molecule has 1 atom stereocenters. The molecule has 0 unspecified atom stereocenters. The number of likely N-dealkylation sites (tertiary alicyclic amines) is 1. The van der Waals surface area contributed by atoms with E-state index in [4.69, 9.17) is 28.3 Å². The molecular formula is C25H33Cl2N3O5S. The van der Waals surface area contributed by atoms with Gasteiger partial charge >= 0.3 is 0 Å². The molecule has 1 saturated heterocycles. The molecule has 1 aliphatic heterocycles. The lowest BCUT2D eigenvalue weighted by molar-refractivity contribution is 0.0981. The number of carbonyl (C=O) groups is 1. The largest absolute Gasteiger partial charge is 0.396 e. The van der Waals surface area contributed by atoms with E-state index in [2.05, 4.69) is 11.8 Å². The highest BCUT2D eigenvalue weighted by Gasteiger charge is 2.26. The highest BCUT2D eigenvalue weighted by atomic mass is 35.5. The number of hydrogen-bond acceptors (Lipinski definition) is 6. The molecule has 198 valence electrons. The Morgan fingerprint density at radius 2 is 1.92 bits per heavy atom. The summed E-state index contributed by atoms with van der Waals surface area (Å²) in [5.41, 5.74) is 1.53. The number of carbonyl (C=O) groups excluding carboxylic acids is 1. The van der Waals surface area contributed by atoms with E-state index in [1.807, 2.05) is 4.72 Å². The zero-order chi connectivity index (χ0) is 26.3. The summed E-state index contributed by atoms with van der Waals surface area (Å²) >= 11 is 12.7. The Hall–Kier alpha value is -1.91. The smallest absolute Gasteiger partial charge is 0.269 e. The van der Waals surface area contributed by atoms with E-state index < -0.39 is 15.9 Å². The summed E-state index contributed by atoms with van der Waals surface area (Å²) in [7, 11) is -3.81. The Morgan fingerprint density at radius 3 is 2.58 bits per heavy atom. The van der Waals surface area contributed by atoms with Crippen molar-refractivity contribution in [1.29, 1.82) is 0 Å². The second-order valence-electron chi connectivity index (χ2n) is 9.07. The highest BCUT2D eigenvalue weighted by molar-refractivity contribution is 7.90. The number of nitrogens with one attached hydrogen (secondary N) is 1. The van der Waals surface area contributed by atoms with Gasteiger partial charge in [-0.1, -0.05) is 48.7 Å². The van der Waals surface area contributed by atoms with Crippen molar-refractivity contribution in [1.82, 2.24) is 14.2 Å². The number of hydrogen-bond donors (Lipinski definition) is 2. The van der Waals surface area contributed by atoms with E-state index in [1.54, 1.807) is 28.8 Å². The van der Waals surface area contributed by atoms with Gasteiger partial charge in [0.2, 0.25) is 10.0 Å². The zero-order valence-electron chi connectivity index (χ0n) is 20.4. The van der Waals surface area contributed by atoms with Gasteiger partial charge in [-0.2, -0.15) is 0 Å².